The lowest BCUT2D eigenvalue weighted by Crippen LogP contribution is -2.52. The van der Waals surface area contributed by atoms with Gasteiger partial charge in [-0.25, -0.2) is 18.1 Å². The molecule has 3 heterocycles. The highest BCUT2D eigenvalue weighted by atomic mass is 32.2. The van der Waals surface area contributed by atoms with E-state index in [-0.39, 0.29) is 42.3 Å². The second-order valence-electron chi connectivity index (χ2n) is 8.63. The number of nitrogens with zero attached hydrogens (tertiary/aromatic N) is 5. The zero-order valence-electron chi connectivity index (χ0n) is 19.3. The Morgan fingerprint density at radius 2 is 1.71 bits per heavy atom. The summed E-state index contributed by atoms with van der Waals surface area (Å²) in [4.78, 5) is 41.9. The number of anilines is 1. The van der Waals surface area contributed by atoms with Gasteiger partial charge in [-0.3, -0.25) is 19.4 Å². The molecular weight excluding hydrogens is 460 g/mol. The van der Waals surface area contributed by atoms with Crippen LogP contribution in [0.2, 0.25) is 0 Å². The third-order valence-electron chi connectivity index (χ3n) is 6.30. The average molecular weight is 489 g/mol. The number of hydrogen-bond acceptors (Lipinski definition) is 6. The second kappa shape index (κ2) is 8.85. The van der Waals surface area contributed by atoms with Crippen molar-refractivity contribution in [1.82, 2.24) is 18.7 Å². The summed E-state index contributed by atoms with van der Waals surface area (Å²) in [6.07, 6.45) is 1.37. The minimum absolute atomic E-state index is 0.00436. The molecule has 2 aliphatic heterocycles. The fourth-order valence-electron chi connectivity index (χ4n) is 4.28. The molecule has 0 unspecified atom stereocenters. The maximum atomic E-state index is 13.0. The van der Waals surface area contributed by atoms with Gasteiger partial charge in [0.25, 0.3) is 11.8 Å². The van der Waals surface area contributed by atoms with Gasteiger partial charge in [-0.2, -0.15) is 4.31 Å². The Morgan fingerprint density at radius 3 is 2.26 bits per heavy atom. The molecule has 2 aliphatic rings. The van der Waals surface area contributed by atoms with E-state index in [9.17, 15) is 22.8 Å². The van der Waals surface area contributed by atoms with E-state index in [4.69, 9.17) is 5.73 Å². The van der Waals surface area contributed by atoms with Crippen LogP contribution >= 0.6 is 0 Å². The van der Waals surface area contributed by atoms with E-state index >= 15 is 0 Å². The van der Waals surface area contributed by atoms with Crippen LogP contribution in [0.15, 0.2) is 41.4 Å². The highest BCUT2D eigenvalue weighted by Crippen LogP contribution is 2.27. The number of aryl methyl sites for hydroxylation is 2. The standard InChI is InChI=1S/C22H28N6O5S/c1-15-4-6-17(7-5-15)28-16(2)21(30)27(22(28)31)14-25-8-10-26(11-9-25)34(32,33)18-12-19(20(23)29)24(3)13-18/h4-7,12-13,16H,8-11,14H2,1-3H3,(H2,23,29)/t16-/m0/s1. The Hall–Kier alpha value is -3.22. The van der Waals surface area contributed by atoms with Crippen molar-refractivity contribution in [1.29, 1.82) is 0 Å². The van der Waals surface area contributed by atoms with Crippen LogP contribution in [0.3, 0.4) is 0 Å². The predicted octanol–water partition coefficient (Wildman–Crippen LogP) is 0.554. The first-order valence-electron chi connectivity index (χ1n) is 10.9. The summed E-state index contributed by atoms with van der Waals surface area (Å²) in [7, 11) is -2.25. The molecule has 4 amide bonds. The molecule has 2 N–H and O–H groups in total. The molecule has 0 spiro atoms. The average Bonchev–Trinajstić information content (AvgIpc) is 3.29. The summed E-state index contributed by atoms with van der Waals surface area (Å²) in [5.41, 5.74) is 7.12. The number of imide groups is 1. The van der Waals surface area contributed by atoms with Gasteiger partial charge in [0, 0.05) is 45.1 Å². The number of nitrogens with two attached hydrogens (primary N) is 1. The Morgan fingerprint density at radius 1 is 1.09 bits per heavy atom. The Labute approximate surface area is 198 Å². The van der Waals surface area contributed by atoms with Crippen molar-refractivity contribution in [3.05, 3.63) is 47.8 Å². The highest BCUT2D eigenvalue weighted by Gasteiger charge is 2.44. The summed E-state index contributed by atoms with van der Waals surface area (Å²) in [5.74, 6) is -0.994. The number of sulfonamides is 1. The molecule has 0 radical (unpaired) electrons. The first-order valence-corrected chi connectivity index (χ1v) is 12.3. The molecular formula is C22H28N6O5S. The molecule has 34 heavy (non-hydrogen) atoms. The molecule has 2 saturated heterocycles. The maximum Gasteiger partial charge on any atom is 0.333 e. The number of piperazine rings is 1. The lowest BCUT2D eigenvalue weighted by atomic mass is 10.2. The number of amides is 4. The SMILES string of the molecule is Cc1ccc(N2C(=O)N(CN3CCN(S(=O)(=O)c4cc(C(N)=O)n(C)c4)CC3)C(=O)[C@@H]2C)cc1. The van der Waals surface area contributed by atoms with Crippen LogP contribution in [-0.4, -0.2) is 83.8 Å². The lowest BCUT2D eigenvalue weighted by molar-refractivity contribution is -0.128. The van der Waals surface area contributed by atoms with E-state index in [0.29, 0.717) is 18.8 Å². The normalized spacial score (nSPS) is 20.4. The molecule has 2 fully saturated rings. The zero-order chi connectivity index (χ0) is 24.8. The van der Waals surface area contributed by atoms with E-state index in [0.717, 1.165) is 5.56 Å². The first-order chi connectivity index (χ1) is 16.0. The molecule has 4 rings (SSSR count). The minimum Gasteiger partial charge on any atom is -0.364 e. The van der Waals surface area contributed by atoms with Crippen molar-refractivity contribution in [2.24, 2.45) is 12.8 Å². The minimum atomic E-state index is -3.80. The second-order valence-corrected chi connectivity index (χ2v) is 10.6. The van der Waals surface area contributed by atoms with E-state index in [2.05, 4.69) is 0 Å². The maximum absolute atomic E-state index is 13.0. The van der Waals surface area contributed by atoms with Crippen LogP contribution in [0.5, 0.6) is 0 Å². The molecule has 182 valence electrons. The number of urea groups is 1. The van der Waals surface area contributed by atoms with Crippen molar-refractivity contribution < 1.29 is 22.8 Å². The van der Waals surface area contributed by atoms with Crippen molar-refractivity contribution in [2.45, 2.75) is 24.8 Å². The first kappa shape index (κ1) is 23.9. The number of hydrogen-bond donors (Lipinski definition) is 1. The highest BCUT2D eigenvalue weighted by molar-refractivity contribution is 7.89. The number of carbonyl (C=O) groups excluding carboxylic acids is 3. The summed E-state index contributed by atoms with van der Waals surface area (Å²) >= 11 is 0. The monoisotopic (exact) mass is 488 g/mol. The van der Waals surface area contributed by atoms with Gasteiger partial charge < -0.3 is 10.3 Å². The molecule has 0 aliphatic carbocycles. The van der Waals surface area contributed by atoms with Crippen LogP contribution in [0, 0.1) is 6.92 Å². The molecule has 1 aromatic carbocycles. The van der Waals surface area contributed by atoms with Gasteiger partial charge in [-0.1, -0.05) is 17.7 Å². The van der Waals surface area contributed by atoms with Crippen molar-refractivity contribution in [3.63, 3.8) is 0 Å². The number of rotatable bonds is 6. The third-order valence-corrected chi connectivity index (χ3v) is 8.17. The largest absolute Gasteiger partial charge is 0.364 e. The van der Waals surface area contributed by atoms with Crippen LogP contribution in [-0.2, 0) is 21.9 Å². The lowest BCUT2D eigenvalue weighted by Gasteiger charge is -2.35. The van der Waals surface area contributed by atoms with Crippen LogP contribution in [0.25, 0.3) is 0 Å². The van der Waals surface area contributed by atoms with Gasteiger partial charge in [0.1, 0.15) is 16.6 Å². The molecule has 12 heteroatoms. The number of aromatic nitrogens is 1. The number of primary amides is 1. The summed E-state index contributed by atoms with van der Waals surface area (Å²) in [6.45, 7) is 4.83. The smallest absolute Gasteiger partial charge is 0.333 e. The number of carbonyl (C=O) groups is 3. The molecule has 1 aromatic heterocycles. The summed E-state index contributed by atoms with van der Waals surface area (Å²) in [5, 5.41) is 0. The van der Waals surface area contributed by atoms with Gasteiger partial charge in [0.2, 0.25) is 10.0 Å². The number of benzene rings is 1. The quantitative estimate of drug-likeness (QED) is 0.592. The van der Waals surface area contributed by atoms with Gasteiger partial charge in [0.05, 0.1) is 6.67 Å². The summed E-state index contributed by atoms with van der Waals surface area (Å²) in [6, 6.07) is 7.68. The Balaban J connectivity index is 1.41. The summed E-state index contributed by atoms with van der Waals surface area (Å²) < 4.78 is 28.7. The van der Waals surface area contributed by atoms with E-state index in [1.165, 1.54) is 30.9 Å². The predicted molar refractivity (Wildman–Crippen MR) is 124 cm³/mol. The van der Waals surface area contributed by atoms with Crippen LogP contribution < -0.4 is 10.6 Å². The van der Waals surface area contributed by atoms with Crippen molar-refractivity contribution in [2.75, 3.05) is 37.7 Å². The molecule has 1 atom stereocenters. The Kier molecular flexibility index (Phi) is 6.23. The molecule has 0 bridgehead atoms. The fourth-order valence-corrected chi connectivity index (χ4v) is 5.77. The van der Waals surface area contributed by atoms with Gasteiger partial charge >= 0.3 is 6.03 Å². The topological polar surface area (TPSA) is 129 Å². The molecule has 11 nitrogen and oxygen atoms in total. The third kappa shape index (κ3) is 4.19. The van der Waals surface area contributed by atoms with Crippen molar-refractivity contribution in [3.8, 4) is 0 Å². The van der Waals surface area contributed by atoms with E-state index < -0.39 is 22.0 Å². The van der Waals surface area contributed by atoms with Crippen molar-refractivity contribution >= 4 is 33.6 Å². The van der Waals surface area contributed by atoms with E-state index in [1.54, 1.807) is 14.0 Å². The van der Waals surface area contributed by atoms with Crippen LogP contribution in [0.4, 0.5) is 10.5 Å². The van der Waals surface area contributed by atoms with Gasteiger partial charge in [-0.15, -0.1) is 0 Å². The zero-order valence-corrected chi connectivity index (χ0v) is 20.2. The van der Waals surface area contributed by atoms with E-state index in [1.807, 2.05) is 36.1 Å². The molecule has 2 aromatic rings. The van der Waals surface area contributed by atoms with Crippen LogP contribution in [0.1, 0.15) is 23.0 Å². The molecule has 0 saturated carbocycles. The van der Waals surface area contributed by atoms with Gasteiger partial charge in [0.15, 0.2) is 0 Å². The fraction of sp³-hybridized carbons (Fsp3) is 0.409. The van der Waals surface area contributed by atoms with Gasteiger partial charge in [-0.05, 0) is 32.0 Å². The Bertz CT molecular complexity index is 1230.